The third-order valence-corrected chi connectivity index (χ3v) is 6.30. The topological polar surface area (TPSA) is 35.6 Å². The van der Waals surface area contributed by atoms with Crippen molar-refractivity contribution >= 4 is 23.1 Å². The fraction of sp³-hybridized carbons (Fsp3) is 0.450. The number of carbonyl (C=O) groups excluding carboxylic acids is 1. The van der Waals surface area contributed by atoms with Crippen LogP contribution in [0.25, 0.3) is 0 Å². The lowest BCUT2D eigenvalue weighted by Gasteiger charge is -2.29. The highest BCUT2D eigenvalue weighted by Crippen LogP contribution is 2.32. The molecular weight excluding hydrogens is 330 g/mol. The number of hydrogen-bond acceptors (Lipinski definition) is 3. The van der Waals surface area contributed by atoms with E-state index >= 15 is 0 Å². The summed E-state index contributed by atoms with van der Waals surface area (Å²) in [5, 5.41) is 5.34. The first kappa shape index (κ1) is 16.6. The zero-order valence-corrected chi connectivity index (χ0v) is 15.5. The van der Waals surface area contributed by atoms with Crippen LogP contribution in [0, 0.1) is 0 Å². The largest absolute Gasteiger partial charge is 0.336 e. The zero-order valence-electron chi connectivity index (χ0n) is 14.6. The molecule has 2 aromatic rings. The number of fused-ring (bicyclic) bond motifs is 1. The van der Waals surface area contributed by atoms with Crippen molar-refractivity contribution in [1.29, 1.82) is 0 Å². The van der Waals surface area contributed by atoms with Crippen LogP contribution >= 0.6 is 11.3 Å². The van der Waals surface area contributed by atoms with Gasteiger partial charge >= 0.3 is 6.03 Å². The molecule has 1 aromatic heterocycles. The lowest BCUT2D eigenvalue weighted by atomic mass is 10.1. The van der Waals surface area contributed by atoms with Crippen molar-refractivity contribution in [3.05, 3.63) is 52.2 Å². The van der Waals surface area contributed by atoms with E-state index in [1.807, 2.05) is 17.0 Å². The molecule has 0 bridgehead atoms. The van der Waals surface area contributed by atoms with Gasteiger partial charge in [-0.1, -0.05) is 24.3 Å². The number of nitrogens with one attached hydrogen (secondary N) is 1. The Morgan fingerprint density at radius 3 is 2.80 bits per heavy atom. The molecule has 0 saturated carbocycles. The van der Waals surface area contributed by atoms with E-state index in [1.54, 1.807) is 11.3 Å². The summed E-state index contributed by atoms with van der Waals surface area (Å²) in [6.45, 7) is 5.05. The summed E-state index contributed by atoms with van der Waals surface area (Å²) in [4.78, 5) is 18.7. The van der Waals surface area contributed by atoms with Crippen molar-refractivity contribution in [2.75, 3.05) is 24.5 Å². The Bertz CT molecular complexity index is 724. The van der Waals surface area contributed by atoms with Gasteiger partial charge in [-0.25, -0.2) is 4.79 Å². The molecule has 2 aliphatic rings. The molecule has 4 rings (SSSR count). The SMILES string of the molecule is CC1Cc2ccccc2N1C(=O)NCC(c1cccs1)N1CCCC1. The summed E-state index contributed by atoms with van der Waals surface area (Å²) < 4.78 is 0. The van der Waals surface area contributed by atoms with Crippen LogP contribution in [0.1, 0.15) is 36.2 Å². The maximum Gasteiger partial charge on any atom is 0.322 e. The number of para-hydroxylation sites is 1. The molecule has 2 aliphatic heterocycles. The number of likely N-dealkylation sites (tertiary alicyclic amines) is 1. The van der Waals surface area contributed by atoms with E-state index in [0.717, 1.165) is 25.2 Å². The number of anilines is 1. The minimum atomic E-state index is 0.0261. The molecule has 3 heterocycles. The summed E-state index contributed by atoms with van der Waals surface area (Å²) in [5.41, 5.74) is 2.32. The van der Waals surface area contributed by atoms with Crippen LogP contribution in [0.5, 0.6) is 0 Å². The first-order valence-corrected chi connectivity index (χ1v) is 10.0. The molecule has 0 radical (unpaired) electrons. The highest BCUT2D eigenvalue weighted by Gasteiger charge is 2.31. The fourth-order valence-electron chi connectivity index (χ4n) is 4.09. The molecule has 0 spiro atoms. The number of urea groups is 1. The number of amides is 2. The first-order valence-electron chi connectivity index (χ1n) is 9.16. The van der Waals surface area contributed by atoms with Crippen molar-refractivity contribution in [1.82, 2.24) is 10.2 Å². The second kappa shape index (κ2) is 7.18. The van der Waals surface area contributed by atoms with Crippen molar-refractivity contribution in [3.63, 3.8) is 0 Å². The minimum absolute atomic E-state index is 0.0261. The maximum atomic E-state index is 12.9. The van der Waals surface area contributed by atoms with Crippen LogP contribution in [-0.2, 0) is 6.42 Å². The van der Waals surface area contributed by atoms with Gasteiger partial charge in [0.25, 0.3) is 0 Å². The Hall–Kier alpha value is -1.85. The van der Waals surface area contributed by atoms with Gasteiger partial charge in [-0.15, -0.1) is 11.3 Å². The van der Waals surface area contributed by atoms with E-state index in [4.69, 9.17) is 0 Å². The van der Waals surface area contributed by atoms with E-state index in [0.29, 0.717) is 12.6 Å². The molecule has 1 N–H and O–H groups in total. The third kappa shape index (κ3) is 3.31. The van der Waals surface area contributed by atoms with Gasteiger partial charge < -0.3 is 5.32 Å². The number of benzene rings is 1. The summed E-state index contributed by atoms with van der Waals surface area (Å²) in [5.74, 6) is 0. The van der Waals surface area contributed by atoms with Crippen LogP contribution in [0.2, 0.25) is 0 Å². The van der Waals surface area contributed by atoms with Crippen LogP contribution in [0.15, 0.2) is 41.8 Å². The summed E-state index contributed by atoms with van der Waals surface area (Å²) >= 11 is 1.78. The van der Waals surface area contributed by atoms with E-state index in [-0.39, 0.29) is 12.1 Å². The van der Waals surface area contributed by atoms with Gasteiger partial charge in [0.1, 0.15) is 0 Å². The van der Waals surface area contributed by atoms with Crippen LogP contribution in [-0.4, -0.2) is 36.6 Å². The van der Waals surface area contributed by atoms with Gasteiger partial charge in [-0.05, 0) is 62.4 Å². The number of hydrogen-bond donors (Lipinski definition) is 1. The molecule has 1 aromatic carbocycles. The third-order valence-electron chi connectivity index (χ3n) is 5.33. The normalized spacial score (nSPS) is 21.3. The summed E-state index contributed by atoms with van der Waals surface area (Å²) in [7, 11) is 0. The van der Waals surface area contributed by atoms with Crippen molar-refractivity contribution in [2.45, 2.75) is 38.3 Å². The maximum absolute atomic E-state index is 12.9. The summed E-state index contributed by atoms with van der Waals surface area (Å²) in [6, 6.07) is 13.1. The average Bonchev–Trinajstić information content (AvgIpc) is 3.35. The molecule has 1 fully saturated rings. The fourth-order valence-corrected chi connectivity index (χ4v) is 4.95. The highest BCUT2D eigenvalue weighted by atomic mass is 32.1. The van der Waals surface area contributed by atoms with E-state index in [2.05, 4.69) is 46.8 Å². The van der Waals surface area contributed by atoms with Gasteiger partial charge in [0.2, 0.25) is 0 Å². The minimum Gasteiger partial charge on any atom is -0.336 e. The lowest BCUT2D eigenvalue weighted by molar-refractivity contribution is 0.225. The molecule has 4 nitrogen and oxygen atoms in total. The molecule has 5 heteroatoms. The van der Waals surface area contributed by atoms with Crippen molar-refractivity contribution in [2.24, 2.45) is 0 Å². The van der Waals surface area contributed by atoms with Crippen LogP contribution < -0.4 is 10.2 Å². The number of rotatable bonds is 4. The standard InChI is InChI=1S/C20H25N3OS/c1-15-13-16-7-2-3-8-17(16)23(15)20(24)21-14-18(19-9-6-12-25-19)22-10-4-5-11-22/h2-3,6-9,12,15,18H,4-5,10-11,13-14H2,1H3,(H,21,24). The number of thiophene rings is 1. The number of carbonyl (C=O) groups is 1. The predicted molar refractivity (Wildman–Crippen MR) is 103 cm³/mol. The molecule has 2 amide bonds. The number of nitrogens with zero attached hydrogens (tertiary/aromatic N) is 2. The Balaban J connectivity index is 1.47. The molecule has 25 heavy (non-hydrogen) atoms. The molecule has 2 unspecified atom stereocenters. The second-order valence-electron chi connectivity index (χ2n) is 7.01. The van der Waals surface area contributed by atoms with Gasteiger partial charge in [0, 0.05) is 23.2 Å². The zero-order chi connectivity index (χ0) is 17.2. The van der Waals surface area contributed by atoms with Gasteiger partial charge in [0.05, 0.1) is 6.04 Å². The van der Waals surface area contributed by atoms with Crippen LogP contribution in [0.4, 0.5) is 10.5 Å². The molecule has 0 aliphatic carbocycles. The monoisotopic (exact) mass is 355 g/mol. The first-order chi connectivity index (χ1) is 12.2. The molecule has 1 saturated heterocycles. The second-order valence-corrected chi connectivity index (χ2v) is 7.99. The molecular formula is C20H25N3OS. The Kier molecular flexibility index (Phi) is 4.77. The average molecular weight is 356 g/mol. The van der Waals surface area contributed by atoms with Crippen LogP contribution in [0.3, 0.4) is 0 Å². The Morgan fingerprint density at radius 1 is 1.24 bits per heavy atom. The summed E-state index contributed by atoms with van der Waals surface area (Å²) in [6.07, 6.45) is 3.45. The van der Waals surface area contributed by atoms with Crippen molar-refractivity contribution in [3.8, 4) is 0 Å². The molecule has 2 atom stereocenters. The van der Waals surface area contributed by atoms with E-state index < -0.39 is 0 Å². The Labute approximate surface area is 153 Å². The van der Waals surface area contributed by atoms with Gasteiger partial charge in [0.15, 0.2) is 0 Å². The lowest BCUT2D eigenvalue weighted by Crippen LogP contribution is -2.46. The van der Waals surface area contributed by atoms with E-state index in [1.165, 1.54) is 23.3 Å². The van der Waals surface area contributed by atoms with Gasteiger partial charge in [-0.3, -0.25) is 9.80 Å². The predicted octanol–water partition coefficient (Wildman–Crippen LogP) is 4.05. The highest BCUT2D eigenvalue weighted by molar-refractivity contribution is 7.10. The Morgan fingerprint density at radius 2 is 2.04 bits per heavy atom. The van der Waals surface area contributed by atoms with Crippen molar-refractivity contribution < 1.29 is 4.79 Å². The smallest absolute Gasteiger partial charge is 0.322 e. The quantitative estimate of drug-likeness (QED) is 0.898. The van der Waals surface area contributed by atoms with E-state index in [9.17, 15) is 4.79 Å². The van der Waals surface area contributed by atoms with Gasteiger partial charge in [-0.2, -0.15) is 0 Å². The molecule has 132 valence electrons.